The third kappa shape index (κ3) is 4.00. The van der Waals surface area contributed by atoms with E-state index in [0.717, 1.165) is 0 Å². The molecule has 0 aliphatic carbocycles. The fourth-order valence-corrected chi connectivity index (χ4v) is 2.13. The summed E-state index contributed by atoms with van der Waals surface area (Å²) in [6, 6.07) is 2.96. The maximum absolute atomic E-state index is 12.0. The zero-order chi connectivity index (χ0) is 17.4. The predicted molar refractivity (Wildman–Crippen MR) is 85.3 cm³/mol. The number of imidazole rings is 1. The van der Waals surface area contributed by atoms with Crippen LogP contribution in [0.15, 0.2) is 12.1 Å². The average Bonchev–Trinajstić information content (AvgIpc) is 2.78. The summed E-state index contributed by atoms with van der Waals surface area (Å²) in [5, 5.41) is 10.0. The Morgan fingerprint density at radius 1 is 1.30 bits per heavy atom. The fraction of sp³-hybridized carbons (Fsp3) is 0.438. The third-order valence-electron chi connectivity index (χ3n) is 3.00. The third-order valence-corrected chi connectivity index (χ3v) is 3.00. The van der Waals surface area contributed by atoms with Crippen LogP contribution in [0.25, 0.3) is 11.0 Å². The Hall–Kier alpha value is -2.57. The number of aromatic nitrogens is 2. The number of hydrogen-bond donors (Lipinski definition) is 2. The molecule has 7 heteroatoms. The number of amides is 1. The Balaban J connectivity index is 2.30. The van der Waals surface area contributed by atoms with Crippen LogP contribution in [0, 0.1) is 0 Å². The molecule has 0 bridgehead atoms. The van der Waals surface area contributed by atoms with Gasteiger partial charge in [-0.05, 0) is 32.9 Å². The molecule has 0 atom stereocenters. The Morgan fingerprint density at radius 3 is 2.52 bits per heavy atom. The normalized spacial score (nSPS) is 11.5. The van der Waals surface area contributed by atoms with Crippen LogP contribution in [0.3, 0.4) is 0 Å². The van der Waals surface area contributed by atoms with Crippen LogP contribution < -0.4 is 0 Å². The van der Waals surface area contributed by atoms with E-state index < -0.39 is 11.6 Å². The van der Waals surface area contributed by atoms with Crippen molar-refractivity contribution in [1.82, 2.24) is 14.9 Å². The van der Waals surface area contributed by atoms with Crippen LogP contribution in [0.1, 0.15) is 37.0 Å². The first-order valence-electron chi connectivity index (χ1n) is 7.22. The van der Waals surface area contributed by atoms with Crippen molar-refractivity contribution in [3.05, 3.63) is 23.5 Å². The average molecular weight is 319 g/mol. The first-order chi connectivity index (χ1) is 10.6. The summed E-state index contributed by atoms with van der Waals surface area (Å²) in [4.78, 5) is 32.4. The second-order valence-corrected chi connectivity index (χ2v) is 6.54. The largest absolute Gasteiger partial charge is 0.506 e. The van der Waals surface area contributed by atoms with Gasteiger partial charge in [0, 0.05) is 19.7 Å². The van der Waals surface area contributed by atoms with Gasteiger partial charge in [0.2, 0.25) is 0 Å². The van der Waals surface area contributed by atoms with Gasteiger partial charge in [-0.2, -0.15) is 0 Å². The molecule has 0 unspecified atom stereocenters. The quantitative estimate of drug-likeness (QED) is 0.842. The first-order valence-corrected chi connectivity index (χ1v) is 7.22. The molecule has 0 spiro atoms. The number of fused-ring (bicyclic) bond motifs is 1. The number of carbonyl (C=O) groups excluding carboxylic acids is 2. The molecule has 0 saturated carbocycles. The molecule has 2 aromatic rings. The highest BCUT2D eigenvalue weighted by atomic mass is 16.6. The van der Waals surface area contributed by atoms with Gasteiger partial charge in [-0.3, -0.25) is 9.59 Å². The van der Waals surface area contributed by atoms with Gasteiger partial charge >= 0.3 is 5.97 Å². The van der Waals surface area contributed by atoms with E-state index in [1.807, 2.05) is 0 Å². The van der Waals surface area contributed by atoms with Gasteiger partial charge in [0.1, 0.15) is 29.1 Å². The van der Waals surface area contributed by atoms with Crippen molar-refractivity contribution >= 4 is 22.9 Å². The minimum Gasteiger partial charge on any atom is -0.506 e. The van der Waals surface area contributed by atoms with Crippen molar-refractivity contribution < 1.29 is 19.4 Å². The van der Waals surface area contributed by atoms with E-state index in [9.17, 15) is 14.7 Å². The van der Waals surface area contributed by atoms with E-state index in [2.05, 4.69) is 9.97 Å². The zero-order valence-electron chi connectivity index (χ0n) is 13.9. The van der Waals surface area contributed by atoms with E-state index in [1.165, 1.54) is 11.0 Å². The molecule has 23 heavy (non-hydrogen) atoms. The van der Waals surface area contributed by atoms with E-state index in [4.69, 9.17) is 4.74 Å². The Labute approximate surface area is 134 Å². The molecule has 0 aliphatic heterocycles. The molecular formula is C16H21N3O4. The minimum atomic E-state index is -0.573. The second kappa shape index (κ2) is 5.91. The minimum absolute atomic E-state index is 0.0393. The Kier molecular flexibility index (Phi) is 4.31. The molecule has 1 amide bonds. The van der Waals surface area contributed by atoms with Gasteiger partial charge in [-0.1, -0.05) is 0 Å². The first kappa shape index (κ1) is 16.8. The van der Waals surface area contributed by atoms with Crippen LogP contribution >= 0.6 is 0 Å². The van der Waals surface area contributed by atoms with Crippen LogP contribution in [0.5, 0.6) is 5.75 Å². The Morgan fingerprint density at radius 2 is 1.96 bits per heavy atom. The molecule has 2 N–H and O–H groups in total. The molecule has 7 nitrogen and oxygen atoms in total. The summed E-state index contributed by atoms with van der Waals surface area (Å²) in [7, 11) is 3.26. The summed E-state index contributed by atoms with van der Waals surface area (Å²) in [6.45, 7) is 5.36. The number of carbonyl (C=O) groups is 2. The zero-order valence-corrected chi connectivity index (χ0v) is 13.9. The number of phenols is 1. The lowest BCUT2D eigenvalue weighted by Crippen LogP contribution is -2.25. The topological polar surface area (TPSA) is 95.5 Å². The molecule has 124 valence electrons. The lowest BCUT2D eigenvalue weighted by molar-refractivity contribution is -0.154. The molecule has 0 aliphatic rings. The smallest absolute Gasteiger partial charge is 0.313 e. The van der Waals surface area contributed by atoms with Crippen molar-refractivity contribution in [2.75, 3.05) is 14.1 Å². The fourth-order valence-electron chi connectivity index (χ4n) is 2.13. The number of aromatic amines is 1. The maximum Gasteiger partial charge on any atom is 0.313 e. The van der Waals surface area contributed by atoms with Crippen molar-refractivity contribution in [1.29, 1.82) is 0 Å². The molecule has 1 aromatic heterocycles. The molecule has 0 radical (unpaired) electrons. The molecule has 2 rings (SSSR count). The number of aromatic hydroxyl groups is 1. The van der Waals surface area contributed by atoms with Gasteiger partial charge in [0.25, 0.3) is 5.91 Å². The Bertz CT molecular complexity index is 757. The van der Waals surface area contributed by atoms with Crippen LogP contribution in [-0.4, -0.2) is 51.5 Å². The number of nitrogens with one attached hydrogen (secondary N) is 1. The van der Waals surface area contributed by atoms with E-state index in [-0.39, 0.29) is 18.1 Å². The standard InChI is InChI=1S/C16H21N3O4/c1-16(2,3)23-13(21)8-12-17-10-6-9(15(22)19(4)5)7-11(20)14(10)18-12/h6-7,20H,8H2,1-5H3,(H,17,18). The summed E-state index contributed by atoms with van der Waals surface area (Å²) >= 11 is 0. The van der Waals surface area contributed by atoms with E-state index >= 15 is 0 Å². The number of phenolic OH excluding ortho intramolecular Hbond substituents is 1. The van der Waals surface area contributed by atoms with E-state index in [1.54, 1.807) is 40.9 Å². The summed E-state index contributed by atoms with van der Waals surface area (Å²) in [5.41, 5.74) is 0.580. The number of hydrogen-bond acceptors (Lipinski definition) is 5. The number of rotatable bonds is 3. The van der Waals surface area contributed by atoms with Gasteiger partial charge in [-0.25, -0.2) is 4.98 Å². The summed E-state index contributed by atoms with van der Waals surface area (Å²) in [5.74, 6) is -0.385. The SMILES string of the molecule is CN(C)C(=O)c1cc(O)c2nc(CC(=O)OC(C)(C)C)[nH]c2c1. The van der Waals surface area contributed by atoms with Gasteiger partial charge in [-0.15, -0.1) is 0 Å². The van der Waals surface area contributed by atoms with Crippen molar-refractivity contribution in [3.8, 4) is 5.75 Å². The number of H-pyrrole nitrogens is 1. The van der Waals surface area contributed by atoms with Gasteiger partial charge in [0.05, 0.1) is 5.52 Å². The van der Waals surface area contributed by atoms with Gasteiger partial charge in [0.15, 0.2) is 0 Å². The molecular weight excluding hydrogens is 298 g/mol. The lowest BCUT2D eigenvalue weighted by Gasteiger charge is -2.18. The highest BCUT2D eigenvalue weighted by molar-refractivity contribution is 5.98. The van der Waals surface area contributed by atoms with Crippen molar-refractivity contribution in [3.63, 3.8) is 0 Å². The van der Waals surface area contributed by atoms with Crippen molar-refractivity contribution in [2.24, 2.45) is 0 Å². The maximum atomic E-state index is 12.0. The number of nitrogens with zero attached hydrogens (tertiary/aromatic N) is 2. The lowest BCUT2D eigenvalue weighted by atomic mass is 10.1. The number of esters is 1. The molecule has 1 aromatic carbocycles. The monoisotopic (exact) mass is 319 g/mol. The summed E-state index contributed by atoms with van der Waals surface area (Å²) in [6.07, 6.45) is -0.0393. The molecule has 0 fully saturated rings. The highest BCUT2D eigenvalue weighted by Gasteiger charge is 2.19. The number of benzene rings is 1. The highest BCUT2D eigenvalue weighted by Crippen LogP contribution is 2.25. The molecule has 1 heterocycles. The number of ether oxygens (including phenoxy) is 1. The molecule has 0 saturated heterocycles. The van der Waals surface area contributed by atoms with E-state index in [0.29, 0.717) is 22.4 Å². The second-order valence-electron chi connectivity index (χ2n) is 6.54. The van der Waals surface area contributed by atoms with Crippen LogP contribution in [0.2, 0.25) is 0 Å². The van der Waals surface area contributed by atoms with Crippen molar-refractivity contribution in [2.45, 2.75) is 32.8 Å². The van der Waals surface area contributed by atoms with Crippen LogP contribution in [0.4, 0.5) is 0 Å². The summed E-state index contributed by atoms with van der Waals surface area (Å²) < 4.78 is 5.24. The predicted octanol–water partition coefficient (Wildman–Crippen LogP) is 1.85. The van der Waals surface area contributed by atoms with Gasteiger partial charge < -0.3 is 19.7 Å². The van der Waals surface area contributed by atoms with Crippen LogP contribution in [-0.2, 0) is 16.0 Å².